The van der Waals surface area contributed by atoms with E-state index < -0.39 is 0 Å². The van der Waals surface area contributed by atoms with Crippen molar-refractivity contribution in [3.63, 3.8) is 0 Å². The zero-order valence-electron chi connectivity index (χ0n) is 8.21. The van der Waals surface area contributed by atoms with E-state index in [1.165, 1.54) is 25.3 Å². The smallest absolute Gasteiger partial charge is 0.0103 e. The number of hydrogen-bond acceptors (Lipinski definition) is 1. The molecule has 6 rings (SSSR count). The van der Waals surface area contributed by atoms with Crippen LogP contribution in [0.5, 0.6) is 0 Å². The fraction of sp³-hybridized carbons (Fsp3) is 1.00. The molecule has 0 aromatic carbocycles. The summed E-state index contributed by atoms with van der Waals surface area (Å²) >= 11 is 0. The van der Waals surface area contributed by atoms with Gasteiger partial charge in [0, 0.05) is 6.04 Å². The van der Waals surface area contributed by atoms with Crippen LogP contribution in [0, 0.1) is 29.6 Å². The van der Waals surface area contributed by atoms with Gasteiger partial charge in [-0.25, -0.2) is 0 Å². The largest absolute Gasteiger partial charge is 0.314 e. The third kappa shape index (κ3) is 0.782. The van der Waals surface area contributed by atoms with E-state index >= 15 is 0 Å². The van der Waals surface area contributed by atoms with Gasteiger partial charge < -0.3 is 5.32 Å². The van der Waals surface area contributed by atoms with Gasteiger partial charge >= 0.3 is 0 Å². The molecule has 1 heteroatoms. The molecule has 3 saturated heterocycles. The lowest BCUT2D eigenvalue weighted by Gasteiger charge is -2.63. The SMILES string of the molecule is C1CC2CC3CC(N1)[C@@H]3[C@@H]1CCC21. The van der Waals surface area contributed by atoms with E-state index in [1.54, 1.807) is 19.3 Å². The van der Waals surface area contributed by atoms with Crippen LogP contribution in [-0.4, -0.2) is 12.6 Å². The molecule has 1 N–H and O–H groups in total. The third-order valence-electron chi connectivity index (χ3n) is 5.58. The van der Waals surface area contributed by atoms with Crippen LogP contribution in [0.25, 0.3) is 0 Å². The summed E-state index contributed by atoms with van der Waals surface area (Å²) in [6.45, 7) is 1.32. The molecule has 6 fully saturated rings. The fourth-order valence-corrected chi connectivity index (χ4v) is 4.86. The van der Waals surface area contributed by atoms with Gasteiger partial charge in [0.05, 0.1) is 0 Å². The predicted molar refractivity (Wildman–Crippen MR) is 52.3 cm³/mol. The molecule has 4 bridgehead atoms. The van der Waals surface area contributed by atoms with Gasteiger partial charge in [-0.1, -0.05) is 0 Å². The lowest BCUT2D eigenvalue weighted by Crippen LogP contribution is -2.63. The van der Waals surface area contributed by atoms with Gasteiger partial charge in [0.25, 0.3) is 0 Å². The molecule has 0 aromatic rings. The topological polar surface area (TPSA) is 12.0 Å². The molecule has 4 unspecified atom stereocenters. The van der Waals surface area contributed by atoms with Crippen molar-refractivity contribution in [3.8, 4) is 0 Å². The molecule has 0 amide bonds. The minimum Gasteiger partial charge on any atom is -0.314 e. The van der Waals surface area contributed by atoms with Crippen molar-refractivity contribution < 1.29 is 0 Å². The Kier molecular flexibility index (Phi) is 1.29. The highest BCUT2D eigenvalue weighted by Crippen LogP contribution is 2.61. The molecule has 0 spiro atoms. The Balaban J connectivity index is 1.70. The Hall–Kier alpha value is -0.0400. The summed E-state index contributed by atoms with van der Waals surface area (Å²) in [5, 5.41) is 3.77. The lowest BCUT2D eigenvalue weighted by atomic mass is 9.45. The molecule has 1 nitrogen and oxygen atoms in total. The Morgan fingerprint density at radius 3 is 2.62 bits per heavy atom. The Morgan fingerprint density at radius 2 is 1.77 bits per heavy atom. The monoisotopic (exact) mass is 177 g/mol. The third-order valence-corrected chi connectivity index (χ3v) is 5.58. The van der Waals surface area contributed by atoms with Crippen molar-refractivity contribution in [2.45, 2.75) is 38.1 Å². The molecule has 6 atom stereocenters. The number of hydrogen-bond donors (Lipinski definition) is 1. The van der Waals surface area contributed by atoms with E-state index in [2.05, 4.69) is 5.32 Å². The maximum atomic E-state index is 3.77. The predicted octanol–water partition coefficient (Wildman–Crippen LogP) is 2.03. The molecule has 13 heavy (non-hydrogen) atoms. The maximum Gasteiger partial charge on any atom is 0.0103 e. The van der Waals surface area contributed by atoms with E-state index in [0.717, 1.165) is 29.7 Å². The highest BCUT2D eigenvalue weighted by molar-refractivity contribution is 5.09. The van der Waals surface area contributed by atoms with Crippen LogP contribution in [0.15, 0.2) is 0 Å². The molecule has 72 valence electrons. The van der Waals surface area contributed by atoms with Crippen molar-refractivity contribution in [3.05, 3.63) is 0 Å². The first-order valence-electron chi connectivity index (χ1n) is 6.17. The quantitative estimate of drug-likeness (QED) is 0.597. The second kappa shape index (κ2) is 2.31. The van der Waals surface area contributed by atoms with E-state index in [4.69, 9.17) is 0 Å². The summed E-state index contributed by atoms with van der Waals surface area (Å²) in [4.78, 5) is 0. The van der Waals surface area contributed by atoms with Gasteiger partial charge in [0.1, 0.15) is 0 Å². The van der Waals surface area contributed by atoms with Gasteiger partial charge in [-0.05, 0) is 68.2 Å². The average molecular weight is 177 g/mol. The van der Waals surface area contributed by atoms with E-state index in [1.807, 2.05) is 0 Å². The Morgan fingerprint density at radius 1 is 0.846 bits per heavy atom. The van der Waals surface area contributed by atoms with Gasteiger partial charge in [0.2, 0.25) is 0 Å². The van der Waals surface area contributed by atoms with Gasteiger partial charge in [-0.2, -0.15) is 0 Å². The summed E-state index contributed by atoms with van der Waals surface area (Å²) in [5.74, 6) is 5.72. The Labute approximate surface area is 80.3 Å². The van der Waals surface area contributed by atoms with E-state index in [9.17, 15) is 0 Å². The molecular formula is C12H19N. The van der Waals surface area contributed by atoms with Gasteiger partial charge in [-0.3, -0.25) is 0 Å². The first-order chi connectivity index (χ1) is 6.43. The number of nitrogens with one attached hydrogen (secondary N) is 1. The highest BCUT2D eigenvalue weighted by atomic mass is 15.0. The van der Waals surface area contributed by atoms with Crippen molar-refractivity contribution in [1.82, 2.24) is 5.32 Å². The summed E-state index contributed by atoms with van der Waals surface area (Å²) in [6, 6.07) is 0.944. The first kappa shape index (κ1) is 7.28. The first-order valence-corrected chi connectivity index (χ1v) is 6.17. The molecule has 3 aliphatic carbocycles. The van der Waals surface area contributed by atoms with Crippen LogP contribution >= 0.6 is 0 Å². The van der Waals surface area contributed by atoms with Crippen LogP contribution in [0.3, 0.4) is 0 Å². The summed E-state index contributed by atoms with van der Waals surface area (Å²) in [6.07, 6.45) is 7.75. The molecule has 6 aliphatic rings. The molecule has 3 aliphatic heterocycles. The normalized spacial score (nSPS) is 62.8. The molecule has 3 heterocycles. The van der Waals surface area contributed by atoms with Gasteiger partial charge in [-0.15, -0.1) is 0 Å². The highest BCUT2D eigenvalue weighted by Gasteiger charge is 2.57. The standard InChI is InChI=1S/C12H19N/c1-2-10-9(1)7-3-4-13-11-6-8(5-7)12(10)11/h7-13H,1-6H2/t7?,8?,9?,10-,11?,12+/m1/s1. The van der Waals surface area contributed by atoms with Crippen molar-refractivity contribution >= 4 is 0 Å². The van der Waals surface area contributed by atoms with Gasteiger partial charge in [0.15, 0.2) is 0 Å². The van der Waals surface area contributed by atoms with Crippen LogP contribution in [-0.2, 0) is 0 Å². The maximum absolute atomic E-state index is 3.77. The molecule has 3 saturated carbocycles. The van der Waals surface area contributed by atoms with Crippen LogP contribution in [0.1, 0.15) is 32.1 Å². The Bertz CT molecular complexity index is 229. The zero-order valence-corrected chi connectivity index (χ0v) is 8.21. The van der Waals surface area contributed by atoms with Crippen LogP contribution in [0.2, 0.25) is 0 Å². The minimum atomic E-state index is 0.944. The number of rotatable bonds is 0. The second-order valence-corrected chi connectivity index (χ2v) is 5.82. The summed E-state index contributed by atoms with van der Waals surface area (Å²) in [7, 11) is 0. The molecule has 0 aromatic heterocycles. The molecule has 0 radical (unpaired) electrons. The van der Waals surface area contributed by atoms with E-state index in [0.29, 0.717) is 0 Å². The summed E-state index contributed by atoms with van der Waals surface area (Å²) in [5.41, 5.74) is 0. The fourth-order valence-electron chi connectivity index (χ4n) is 4.86. The summed E-state index contributed by atoms with van der Waals surface area (Å²) < 4.78 is 0. The van der Waals surface area contributed by atoms with Crippen molar-refractivity contribution in [2.75, 3.05) is 6.54 Å². The van der Waals surface area contributed by atoms with Crippen LogP contribution in [0.4, 0.5) is 0 Å². The van der Waals surface area contributed by atoms with Crippen LogP contribution < -0.4 is 5.32 Å². The average Bonchev–Trinajstić information content (AvgIpc) is 1.99. The van der Waals surface area contributed by atoms with Crippen molar-refractivity contribution in [2.24, 2.45) is 29.6 Å². The van der Waals surface area contributed by atoms with Crippen molar-refractivity contribution in [1.29, 1.82) is 0 Å². The minimum absolute atomic E-state index is 0.944. The van der Waals surface area contributed by atoms with E-state index in [-0.39, 0.29) is 0 Å². The lowest BCUT2D eigenvalue weighted by molar-refractivity contribution is -0.119. The molecular weight excluding hydrogens is 158 g/mol. The zero-order chi connectivity index (χ0) is 8.41. The second-order valence-electron chi connectivity index (χ2n) is 5.82.